The number of nitrogens with one attached hydrogen (secondary N) is 2. The summed E-state index contributed by atoms with van der Waals surface area (Å²) in [5.41, 5.74) is 0. The second-order valence-electron chi connectivity index (χ2n) is 4.90. The Labute approximate surface area is 105 Å². The van der Waals surface area contributed by atoms with Gasteiger partial charge in [-0.25, -0.2) is 9.59 Å². The molecule has 2 heterocycles. The van der Waals surface area contributed by atoms with Gasteiger partial charge in [0.25, 0.3) is 0 Å². The number of rotatable bonds is 2. The highest BCUT2D eigenvalue weighted by Crippen LogP contribution is 2.24. The molecule has 2 aliphatic rings. The number of aliphatic carboxylic acids is 1. The topological polar surface area (TPSA) is 98.7 Å². The molecule has 3 N–H and O–H groups in total. The number of likely N-dealkylation sites (tertiary alicyclic amines) is 1. The van der Waals surface area contributed by atoms with Gasteiger partial charge in [-0.05, 0) is 12.3 Å². The molecule has 2 saturated heterocycles. The molecule has 18 heavy (non-hydrogen) atoms. The summed E-state index contributed by atoms with van der Waals surface area (Å²) in [7, 11) is 0. The minimum absolute atomic E-state index is 0.0448. The van der Waals surface area contributed by atoms with Crippen molar-refractivity contribution >= 4 is 17.9 Å². The van der Waals surface area contributed by atoms with Crippen LogP contribution >= 0.6 is 0 Å². The van der Waals surface area contributed by atoms with Crippen LogP contribution in [0.3, 0.4) is 0 Å². The quantitative estimate of drug-likeness (QED) is 0.612. The summed E-state index contributed by atoms with van der Waals surface area (Å²) in [5, 5.41) is 14.4. The van der Waals surface area contributed by atoms with E-state index in [0.29, 0.717) is 19.5 Å². The van der Waals surface area contributed by atoms with Crippen LogP contribution in [-0.4, -0.2) is 53.1 Å². The van der Waals surface area contributed by atoms with Crippen molar-refractivity contribution < 1.29 is 19.5 Å². The van der Waals surface area contributed by atoms with Crippen LogP contribution < -0.4 is 10.6 Å². The first kappa shape index (κ1) is 12.7. The first-order chi connectivity index (χ1) is 8.49. The number of hydrogen-bond donors (Lipinski definition) is 3. The number of carbonyl (C=O) groups excluding carboxylic acids is 2. The molecule has 3 amide bonds. The minimum atomic E-state index is -0.976. The molecule has 0 saturated carbocycles. The fraction of sp³-hybridized carbons (Fsp3) is 0.727. The highest BCUT2D eigenvalue weighted by atomic mass is 16.4. The third kappa shape index (κ3) is 2.39. The van der Waals surface area contributed by atoms with Crippen molar-refractivity contribution in [1.82, 2.24) is 15.5 Å². The van der Waals surface area contributed by atoms with E-state index in [4.69, 9.17) is 5.11 Å². The van der Waals surface area contributed by atoms with Gasteiger partial charge in [-0.2, -0.15) is 0 Å². The van der Waals surface area contributed by atoms with Gasteiger partial charge in [-0.15, -0.1) is 0 Å². The molecule has 0 spiro atoms. The Hall–Kier alpha value is -1.79. The van der Waals surface area contributed by atoms with E-state index in [1.807, 2.05) is 6.92 Å². The predicted molar refractivity (Wildman–Crippen MR) is 61.9 cm³/mol. The van der Waals surface area contributed by atoms with Crippen LogP contribution in [0.1, 0.15) is 19.8 Å². The Morgan fingerprint density at radius 1 is 1.50 bits per heavy atom. The van der Waals surface area contributed by atoms with Crippen molar-refractivity contribution in [1.29, 1.82) is 0 Å². The second-order valence-corrected chi connectivity index (χ2v) is 4.90. The van der Waals surface area contributed by atoms with Crippen molar-refractivity contribution in [3.8, 4) is 0 Å². The summed E-state index contributed by atoms with van der Waals surface area (Å²) < 4.78 is 0. The zero-order valence-corrected chi connectivity index (χ0v) is 10.2. The van der Waals surface area contributed by atoms with Crippen molar-refractivity contribution in [2.24, 2.45) is 5.92 Å². The number of carbonyl (C=O) groups is 3. The molecule has 0 aliphatic carbocycles. The number of carboxylic acids is 1. The van der Waals surface area contributed by atoms with E-state index in [-0.39, 0.29) is 24.3 Å². The van der Waals surface area contributed by atoms with E-state index in [0.717, 1.165) is 0 Å². The first-order valence-electron chi connectivity index (χ1n) is 6.05. The zero-order chi connectivity index (χ0) is 13.3. The smallest absolute Gasteiger partial charge is 0.326 e. The molecule has 7 nitrogen and oxygen atoms in total. The van der Waals surface area contributed by atoms with E-state index < -0.39 is 18.0 Å². The van der Waals surface area contributed by atoms with Gasteiger partial charge in [0.05, 0.1) is 6.04 Å². The SMILES string of the molecule is CC1CCN(C(=O)NC2CNC(=O)C2)C1C(=O)O. The molecular formula is C11H17N3O4. The second kappa shape index (κ2) is 4.83. The van der Waals surface area contributed by atoms with Crippen LogP contribution in [0, 0.1) is 5.92 Å². The maximum atomic E-state index is 12.0. The summed E-state index contributed by atoms with van der Waals surface area (Å²) in [6.07, 6.45) is 0.944. The Kier molecular flexibility index (Phi) is 3.40. The molecule has 0 aromatic heterocycles. The number of hydrogen-bond acceptors (Lipinski definition) is 3. The lowest BCUT2D eigenvalue weighted by Gasteiger charge is -2.25. The maximum Gasteiger partial charge on any atom is 0.326 e. The average Bonchev–Trinajstić information content (AvgIpc) is 2.84. The van der Waals surface area contributed by atoms with E-state index >= 15 is 0 Å². The van der Waals surface area contributed by atoms with Crippen molar-refractivity contribution in [3.05, 3.63) is 0 Å². The minimum Gasteiger partial charge on any atom is -0.480 e. The van der Waals surface area contributed by atoms with Crippen LogP contribution in [0.25, 0.3) is 0 Å². The maximum absolute atomic E-state index is 12.0. The summed E-state index contributed by atoms with van der Waals surface area (Å²) in [4.78, 5) is 35.5. The zero-order valence-electron chi connectivity index (χ0n) is 10.2. The number of carboxylic acid groups (broad SMARTS) is 1. The standard InChI is InChI=1S/C11H17N3O4/c1-6-2-3-14(9(6)10(16)17)11(18)13-7-4-8(15)12-5-7/h6-7,9H,2-5H2,1H3,(H,12,15)(H,13,18)(H,16,17). The Morgan fingerprint density at radius 3 is 2.78 bits per heavy atom. The van der Waals surface area contributed by atoms with Crippen molar-refractivity contribution in [2.45, 2.75) is 31.8 Å². The molecule has 0 radical (unpaired) electrons. The first-order valence-corrected chi connectivity index (χ1v) is 6.05. The summed E-state index contributed by atoms with van der Waals surface area (Å²) in [5.74, 6) is -1.11. The molecule has 3 unspecified atom stereocenters. The van der Waals surface area contributed by atoms with Crippen LogP contribution in [0.4, 0.5) is 4.79 Å². The van der Waals surface area contributed by atoms with Gasteiger partial charge in [0.2, 0.25) is 5.91 Å². The van der Waals surface area contributed by atoms with Gasteiger partial charge in [0.15, 0.2) is 0 Å². The number of urea groups is 1. The Balaban J connectivity index is 1.96. The number of amides is 3. The molecule has 100 valence electrons. The fourth-order valence-corrected chi connectivity index (χ4v) is 2.52. The van der Waals surface area contributed by atoms with Gasteiger partial charge in [0.1, 0.15) is 6.04 Å². The van der Waals surface area contributed by atoms with E-state index in [2.05, 4.69) is 10.6 Å². The molecule has 0 aromatic rings. The van der Waals surface area contributed by atoms with Gasteiger partial charge in [-0.1, -0.05) is 6.92 Å². The van der Waals surface area contributed by atoms with Crippen LogP contribution in [0.15, 0.2) is 0 Å². The van der Waals surface area contributed by atoms with Gasteiger partial charge in [0, 0.05) is 19.5 Å². The van der Waals surface area contributed by atoms with Gasteiger partial charge >= 0.3 is 12.0 Å². The molecule has 3 atom stereocenters. The highest BCUT2D eigenvalue weighted by Gasteiger charge is 2.40. The lowest BCUT2D eigenvalue weighted by Crippen LogP contribution is -2.50. The fourth-order valence-electron chi connectivity index (χ4n) is 2.52. The van der Waals surface area contributed by atoms with E-state index in [1.54, 1.807) is 0 Å². The lowest BCUT2D eigenvalue weighted by atomic mass is 10.0. The molecule has 2 rings (SSSR count). The molecular weight excluding hydrogens is 238 g/mol. The van der Waals surface area contributed by atoms with Crippen molar-refractivity contribution in [3.63, 3.8) is 0 Å². The molecule has 7 heteroatoms. The van der Waals surface area contributed by atoms with E-state index in [9.17, 15) is 14.4 Å². The molecule has 0 bridgehead atoms. The Bertz CT molecular complexity index is 384. The average molecular weight is 255 g/mol. The Morgan fingerprint density at radius 2 is 2.22 bits per heavy atom. The lowest BCUT2D eigenvalue weighted by molar-refractivity contribution is -0.142. The molecule has 2 aliphatic heterocycles. The van der Waals surface area contributed by atoms with Crippen LogP contribution in [-0.2, 0) is 9.59 Å². The normalized spacial score (nSPS) is 31.3. The third-order valence-electron chi connectivity index (χ3n) is 3.52. The summed E-state index contributed by atoms with van der Waals surface area (Å²) in [6, 6.07) is -1.40. The predicted octanol–water partition coefficient (Wildman–Crippen LogP) is -0.620. The van der Waals surface area contributed by atoms with Gasteiger partial charge < -0.3 is 20.6 Å². The summed E-state index contributed by atoms with van der Waals surface area (Å²) >= 11 is 0. The van der Waals surface area contributed by atoms with E-state index in [1.165, 1.54) is 4.90 Å². The van der Waals surface area contributed by atoms with Crippen molar-refractivity contribution in [2.75, 3.05) is 13.1 Å². The third-order valence-corrected chi connectivity index (χ3v) is 3.52. The number of nitrogens with zero attached hydrogens (tertiary/aromatic N) is 1. The van der Waals surface area contributed by atoms with Crippen LogP contribution in [0.5, 0.6) is 0 Å². The largest absolute Gasteiger partial charge is 0.480 e. The van der Waals surface area contributed by atoms with Gasteiger partial charge in [-0.3, -0.25) is 4.79 Å². The monoisotopic (exact) mass is 255 g/mol. The van der Waals surface area contributed by atoms with Crippen LogP contribution in [0.2, 0.25) is 0 Å². The molecule has 0 aromatic carbocycles. The highest BCUT2D eigenvalue weighted by molar-refractivity contribution is 5.85. The summed E-state index contributed by atoms with van der Waals surface area (Å²) in [6.45, 7) is 2.68. The molecule has 2 fully saturated rings.